The van der Waals surface area contributed by atoms with E-state index in [-0.39, 0.29) is 5.91 Å². The highest BCUT2D eigenvalue weighted by atomic mass is 79.9. The van der Waals surface area contributed by atoms with Gasteiger partial charge in [-0.05, 0) is 65.2 Å². The summed E-state index contributed by atoms with van der Waals surface area (Å²) in [5.74, 6) is 4.64. The van der Waals surface area contributed by atoms with Crippen LogP contribution in [0, 0.1) is 19.7 Å². The molecule has 0 atom stereocenters. The Hall–Kier alpha value is -1.92. The first kappa shape index (κ1) is 15.5. The van der Waals surface area contributed by atoms with Gasteiger partial charge in [0.1, 0.15) is 5.82 Å². The number of hydrazine groups is 1. The Morgan fingerprint density at radius 3 is 2.57 bits per heavy atom. The van der Waals surface area contributed by atoms with Gasteiger partial charge in [-0.1, -0.05) is 6.07 Å². The van der Waals surface area contributed by atoms with Gasteiger partial charge in [0.2, 0.25) is 0 Å². The van der Waals surface area contributed by atoms with Gasteiger partial charge in [-0.2, -0.15) is 0 Å². The van der Waals surface area contributed by atoms with E-state index in [0.717, 1.165) is 11.1 Å². The number of hydrogen-bond donors (Lipinski definition) is 3. The van der Waals surface area contributed by atoms with Crippen LogP contribution in [-0.4, -0.2) is 5.91 Å². The van der Waals surface area contributed by atoms with Gasteiger partial charge < -0.3 is 10.7 Å². The number of hydrogen-bond acceptors (Lipinski definition) is 3. The maximum Gasteiger partial charge on any atom is 0.257 e. The molecule has 2 aromatic rings. The fourth-order valence-corrected chi connectivity index (χ4v) is 2.40. The molecule has 0 spiro atoms. The first-order valence-electron chi connectivity index (χ1n) is 6.26. The van der Waals surface area contributed by atoms with Crippen molar-refractivity contribution >= 4 is 33.2 Å². The Bertz CT molecular complexity index is 704. The van der Waals surface area contributed by atoms with E-state index in [1.807, 2.05) is 13.0 Å². The number of anilines is 2. The average molecular weight is 352 g/mol. The van der Waals surface area contributed by atoms with Gasteiger partial charge >= 0.3 is 0 Å². The minimum Gasteiger partial charge on any atom is -0.323 e. The summed E-state index contributed by atoms with van der Waals surface area (Å²) in [6.45, 7) is 3.69. The predicted octanol–water partition coefficient (Wildman–Crippen LogP) is 3.74. The van der Waals surface area contributed by atoms with E-state index in [1.54, 1.807) is 25.1 Å². The molecule has 4 N–H and O–H groups in total. The van der Waals surface area contributed by atoms with E-state index in [9.17, 15) is 9.18 Å². The third kappa shape index (κ3) is 3.40. The SMILES string of the molecule is Cc1ccc(C(=O)Nc2cc(F)c(Br)cc2C)c(NN)c1. The zero-order valence-corrected chi connectivity index (χ0v) is 13.2. The molecule has 0 aliphatic heterocycles. The number of amides is 1. The summed E-state index contributed by atoms with van der Waals surface area (Å²) in [5.41, 5.74) is 5.56. The lowest BCUT2D eigenvalue weighted by Crippen LogP contribution is -2.18. The molecule has 0 heterocycles. The standard InChI is InChI=1S/C15H15BrFN3O/c1-8-3-4-10(14(5-8)20-18)15(21)19-13-7-12(17)11(16)6-9(13)2/h3-7,20H,18H2,1-2H3,(H,19,21). The van der Waals surface area contributed by atoms with Crippen LogP contribution in [0.25, 0.3) is 0 Å². The van der Waals surface area contributed by atoms with Gasteiger partial charge in [-0.3, -0.25) is 10.6 Å². The van der Waals surface area contributed by atoms with Crippen LogP contribution < -0.4 is 16.6 Å². The molecule has 0 aromatic heterocycles. The fourth-order valence-electron chi connectivity index (χ4n) is 1.95. The van der Waals surface area contributed by atoms with Crippen molar-refractivity contribution < 1.29 is 9.18 Å². The van der Waals surface area contributed by atoms with Crippen LogP contribution in [0.15, 0.2) is 34.8 Å². The normalized spacial score (nSPS) is 10.3. The molecular formula is C15H15BrFN3O. The number of carbonyl (C=O) groups is 1. The van der Waals surface area contributed by atoms with Gasteiger partial charge in [-0.15, -0.1) is 0 Å². The second kappa shape index (κ2) is 6.24. The fraction of sp³-hybridized carbons (Fsp3) is 0.133. The quantitative estimate of drug-likeness (QED) is 0.582. The number of halogens is 2. The number of rotatable bonds is 3. The Morgan fingerprint density at radius 1 is 1.19 bits per heavy atom. The van der Waals surface area contributed by atoms with Crippen LogP contribution in [-0.2, 0) is 0 Å². The van der Waals surface area contributed by atoms with Gasteiger partial charge in [0.15, 0.2) is 0 Å². The third-order valence-corrected chi connectivity index (χ3v) is 3.70. The van der Waals surface area contributed by atoms with Crippen LogP contribution >= 0.6 is 15.9 Å². The van der Waals surface area contributed by atoms with Crippen LogP contribution in [0.5, 0.6) is 0 Å². The highest BCUT2D eigenvalue weighted by Crippen LogP contribution is 2.25. The molecule has 0 radical (unpaired) electrons. The molecule has 4 nitrogen and oxygen atoms in total. The lowest BCUT2D eigenvalue weighted by molar-refractivity contribution is 0.102. The minimum absolute atomic E-state index is 0.354. The largest absolute Gasteiger partial charge is 0.323 e. The molecule has 0 bridgehead atoms. The van der Waals surface area contributed by atoms with Crippen LogP contribution in [0.3, 0.4) is 0 Å². The molecule has 0 aliphatic carbocycles. The average Bonchev–Trinajstić information content (AvgIpc) is 2.44. The zero-order valence-electron chi connectivity index (χ0n) is 11.6. The molecule has 21 heavy (non-hydrogen) atoms. The van der Waals surface area contributed by atoms with Crippen molar-refractivity contribution in [1.82, 2.24) is 0 Å². The molecule has 6 heteroatoms. The second-order valence-electron chi connectivity index (χ2n) is 4.73. The third-order valence-electron chi connectivity index (χ3n) is 3.09. The lowest BCUT2D eigenvalue weighted by Gasteiger charge is -2.12. The van der Waals surface area contributed by atoms with Crippen LogP contribution in [0.4, 0.5) is 15.8 Å². The van der Waals surface area contributed by atoms with Crippen LogP contribution in [0.1, 0.15) is 21.5 Å². The summed E-state index contributed by atoms with van der Waals surface area (Å²) in [7, 11) is 0. The van der Waals surface area contributed by atoms with Crippen molar-refractivity contribution in [2.24, 2.45) is 5.84 Å². The van der Waals surface area contributed by atoms with Crippen molar-refractivity contribution in [3.8, 4) is 0 Å². The van der Waals surface area contributed by atoms with E-state index < -0.39 is 5.82 Å². The first-order valence-corrected chi connectivity index (χ1v) is 7.06. The van der Waals surface area contributed by atoms with E-state index in [2.05, 4.69) is 26.7 Å². The molecule has 0 unspecified atom stereocenters. The maximum atomic E-state index is 13.6. The second-order valence-corrected chi connectivity index (χ2v) is 5.58. The van der Waals surface area contributed by atoms with Crippen molar-refractivity contribution in [2.75, 3.05) is 10.7 Å². The number of benzene rings is 2. The van der Waals surface area contributed by atoms with Crippen molar-refractivity contribution in [3.63, 3.8) is 0 Å². The van der Waals surface area contributed by atoms with E-state index in [4.69, 9.17) is 5.84 Å². The Morgan fingerprint density at radius 2 is 1.90 bits per heavy atom. The summed E-state index contributed by atoms with van der Waals surface area (Å²) >= 11 is 3.11. The Balaban J connectivity index is 2.32. The monoisotopic (exact) mass is 351 g/mol. The summed E-state index contributed by atoms with van der Waals surface area (Å²) in [5, 5.41) is 2.69. The van der Waals surface area contributed by atoms with E-state index in [1.165, 1.54) is 6.07 Å². The maximum absolute atomic E-state index is 13.6. The summed E-state index contributed by atoms with van der Waals surface area (Å²) in [6, 6.07) is 8.14. The lowest BCUT2D eigenvalue weighted by atomic mass is 10.1. The predicted molar refractivity (Wildman–Crippen MR) is 85.8 cm³/mol. The van der Waals surface area contributed by atoms with E-state index >= 15 is 0 Å². The Kier molecular flexibility index (Phi) is 4.59. The molecule has 0 saturated heterocycles. The summed E-state index contributed by atoms with van der Waals surface area (Å²) in [4.78, 5) is 12.3. The summed E-state index contributed by atoms with van der Waals surface area (Å²) < 4.78 is 13.9. The molecular weight excluding hydrogens is 337 g/mol. The number of nitrogens with two attached hydrogens (primary N) is 1. The Labute approximate surface area is 130 Å². The molecule has 0 aliphatic rings. The molecule has 2 aromatic carbocycles. The highest BCUT2D eigenvalue weighted by molar-refractivity contribution is 9.10. The van der Waals surface area contributed by atoms with Gasteiger partial charge in [0.25, 0.3) is 5.91 Å². The molecule has 0 saturated carbocycles. The zero-order chi connectivity index (χ0) is 15.6. The van der Waals surface area contributed by atoms with Gasteiger partial charge in [0.05, 0.1) is 15.7 Å². The van der Waals surface area contributed by atoms with Gasteiger partial charge in [0, 0.05) is 5.69 Å². The first-order chi connectivity index (χ1) is 9.92. The van der Waals surface area contributed by atoms with Gasteiger partial charge in [-0.25, -0.2) is 4.39 Å². The highest BCUT2D eigenvalue weighted by Gasteiger charge is 2.13. The number of carbonyl (C=O) groups excluding carboxylic acids is 1. The molecule has 2 rings (SSSR count). The number of nitrogens with one attached hydrogen (secondary N) is 2. The smallest absolute Gasteiger partial charge is 0.257 e. The summed E-state index contributed by atoms with van der Waals surface area (Å²) in [6.07, 6.45) is 0. The molecule has 110 valence electrons. The van der Waals surface area contributed by atoms with Crippen molar-refractivity contribution in [2.45, 2.75) is 13.8 Å². The molecule has 1 amide bonds. The molecule has 0 fully saturated rings. The minimum atomic E-state index is -0.433. The number of nitrogen functional groups attached to an aromatic ring is 1. The topological polar surface area (TPSA) is 67.2 Å². The van der Waals surface area contributed by atoms with Crippen molar-refractivity contribution in [1.29, 1.82) is 0 Å². The van der Waals surface area contributed by atoms with Crippen molar-refractivity contribution in [3.05, 3.63) is 57.3 Å². The number of aryl methyl sites for hydroxylation is 2. The van der Waals surface area contributed by atoms with Crippen LogP contribution in [0.2, 0.25) is 0 Å². The van der Waals surface area contributed by atoms with E-state index in [0.29, 0.717) is 21.4 Å².